The van der Waals surface area contributed by atoms with Gasteiger partial charge >= 0.3 is 0 Å². The van der Waals surface area contributed by atoms with Crippen LogP contribution >= 0.6 is 23.1 Å². The van der Waals surface area contributed by atoms with E-state index in [1.807, 2.05) is 57.2 Å². The third-order valence-electron chi connectivity index (χ3n) is 6.02. The van der Waals surface area contributed by atoms with Gasteiger partial charge in [-0.1, -0.05) is 30.0 Å². The molecule has 0 aliphatic carbocycles. The van der Waals surface area contributed by atoms with Gasteiger partial charge in [0, 0.05) is 23.1 Å². The van der Waals surface area contributed by atoms with Crippen LogP contribution in [0.2, 0.25) is 0 Å². The van der Waals surface area contributed by atoms with E-state index >= 15 is 0 Å². The normalized spacial score (nSPS) is 14.4. The molecular weight excluding hydrogens is 494 g/mol. The van der Waals surface area contributed by atoms with Crippen molar-refractivity contribution in [1.82, 2.24) is 9.55 Å². The fraction of sp³-hybridized carbons (Fsp3) is 0.296. The van der Waals surface area contributed by atoms with Crippen molar-refractivity contribution in [2.45, 2.75) is 44.6 Å². The molecule has 0 radical (unpaired) electrons. The van der Waals surface area contributed by atoms with Crippen LogP contribution < -0.4 is 15.6 Å². The molecule has 0 saturated carbocycles. The fourth-order valence-corrected chi connectivity index (χ4v) is 6.25. The molecule has 1 N–H and O–H groups in total. The number of hydrogen-bond acceptors (Lipinski definition) is 7. The van der Waals surface area contributed by atoms with E-state index in [0.29, 0.717) is 39.8 Å². The molecule has 186 valence electrons. The smallest absolute Gasteiger partial charge is 0.267 e. The summed E-state index contributed by atoms with van der Waals surface area (Å²) in [4.78, 5) is 33.4. The van der Waals surface area contributed by atoms with Gasteiger partial charge in [-0.3, -0.25) is 14.2 Å². The highest BCUT2D eigenvalue weighted by molar-refractivity contribution is 7.99. The number of rotatable bonds is 6. The lowest BCUT2D eigenvalue weighted by molar-refractivity contribution is -0.113. The molecule has 3 heterocycles. The zero-order valence-electron chi connectivity index (χ0n) is 20.6. The summed E-state index contributed by atoms with van der Waals surface area (Å²) in [7, 11) is 1.58. The minimum absolute atomic E-state index is 0.0994. The number of nitrogens with one attached hydrogen (secondary N) is 1. The topological polar surface area (TPSA) is 82.5 Å². The quantitative estimate of drug-likeness (QED) is 0.272. The first-order chi connectivity index (χ1) is 17.2. The average Bonchev–Trinajstić information content (AvgIpc) is 3.19. The van der Waals surface area contributed by atoms with Crippen LogP contribution in [0.3, 0.4) is 0 Å². The Morgan fingerprint density at radius 3 is 2.83 bits per heavy atom. The number of anilines is 1. The third-order valence-corrected chi connectivity index (χ3v) is 8.06. The first-order valence-electron chi connectivity index (χ1n) is 11.6. The summed E-state index contributed by atoms with van der Waals surface area (Å²) in [5.74, 6) is 0.566. The Morgan fingerprint density at radius 2 is 2.06 bits per heavy atom. The van der Waals surface area contributed by atoms with Crippen molar-refractivity contribution in [3.8, 4) is 11.4 Å². The monoisotopic (exact) mass is 521 g/mol. The Kier molecular flexibility index (Phi) is 6.63. The standard InChI is InChI=1S/C27H27N3O4S2/c1-16-7-5-9-18(11-16)30-25(32)23-20-13-27(2,3)34-14-21(20)36-24(23)29-26(30)35-15-22(31)28-17-8-6-10-19(12-17)33-4/h5-12H,13-15H2,1-4H3,(H,28,31). The molecular formula is C27H27N3O4S2. The number of ether oxygens (including phenoxy) is 2. The van der Waals surface area contributed by atoms with Crippen LogP contribution in [0, 0.1) is 6.92 Å². The molecule has 0 bridgehead atoms. The number of carbonyl (C=O) groups excluding carboxylic acids is 1. The maximum absolute atomic E-state index is 14.0. The Bertz CT molecular complexity index is 1520. The van der Waals surface area contributed by atoms with Crippen LogP contribution in [0.15, 0.2) is 58.5 Å². The summed E-state index contributed by atoms with van der Waals surface area (Å²) in [6, 6.07) is 15.0. The molecule has 5 rings (SSSR count). The number of nitrogens with zero attached hydrogens (tertiary/aromatic N) is 2. The highest BCUT2D eigenvalue weighted by atomic mass is 32.2. The fourth-order valence-electron chi connectivity index (χ4n) is 4.29. The lowest BCUT2D eigenvalue weighted by Crippen LogP contribution is -2.32. The van der Waals surface area contributed by atoms with Crippen molar-refractivity contribution in [2.24, 2.45) is 0 Å². The highest BCUT2D eigenvalue weighted by Crippen LogP contribution is 2.38. The van der Waals surface area contributed by atoms with Gasteiger partial charge in [-0.15, -0.1) is 11.3 Å². The number of fused-ring (bicyclic) bond motifs is 3. The number of aryl methyl sites for hydroxylation is 1. The first kappa shape index (κ1) is 24.5. The van der Waals surface area contributed by atoms with Crippen LogP contribution in [-0.4, -0.2) is 33.9 Å². The molecule has 7 nitrogen and oxygen atoms in total. The van der Waals surface area contributed by atoms with Crippen molar-refractivity contribution in [3.63, 3.8) is 0 Å². The van der Waals surface area contributed by atoms with E-state index < -0.39 is 0 Å². The Morgan fingerprint density at radius 1 is 1.25 bits per heavy atom. The van der Waals surface area contributed by atoms with Crippen molar-refractivity contribution in [3.05, 3.63) is 74.9 Å². The highest BCUT2D eigenvalue weighted by Gasteiger charge is 2.31. The van der Waals surface area contributed by atoms with Gasteiger partial charge in [0.05, 0.1) is 36.1 Å². The number of benzene rings is 2. The minimum atomic E-state index is -0.340. The molecule has 2 aromatic carbocycles. The number of carbonyl (C=O) groups is 1. The molecule has 0 unspecified atom stereocenters. The molecule has 0 fully saturated rings. The summed E-state index contributed by atoms with van der Waals surface area (Å²) >= 11 is 2.74. The molecule has 1 amide bonds. The molecule has 1 aliphatic rings. The molecule has 4 aromatic rings. The summed E-state index contributed by atoms with van der Waals surface area (Å²) in [6.45, 7) is 6.54. The lowest BCUT2D eigenvalue weighted by atomic mass is 9.94. The number of methoxy groups -OCH3 is 1. The Balaban J connectivity index is 1.53. The van der Waals surface area contributed by atoms with Gasteiger partial charge in [0.15, 0.2) is 5.16 Å². The zero-order chi connectivity index (χ0) is 25.4. The van der Waals surface area contributed by atoms with E-state index in [0.717, 1.165) is 21.7 Å². The molecule has 36 heavy (non-hydrogen) atoms. The minimum Gasteiger partial charge on any atom is -0.497 e. The van der Waals surface area contributed by atoms with E-state index in [9.17, 15) is 9.59 Å². The van der Waals surface area contributed by atoms with Gasteiger partial charge in [-0.05, 0) is 56.2 Å². The van der Waals surface area contributed by atoms with Crippen molar-refractivity contribution in [1.29, 1.82) is 0 Å². The van der Waals surface area contributed by atoms with Crippen LogP contribution in [-0.2, 0) is 22.6 Å². The molecule has 0 saturated heterocycles. The van der Waals surface area contributed by atoms with E-state index in [1.54, 1.807) is 23.8 Å². The van der Waals surface area contributed by atoms with Crippen molar-refractivity contribution < 1.29 is 14.3 Å². The van der Waals surface area contributed by atoms with Gasteiger partial charge in [0.25, 0.3) is 5.56 Å². The van der Waals surface area contributed by atoms with Crippen LogP contribution in [0.1, 0.15) is 29.9 Å². The van der Waals surface area contributed by atoms with Gasteiger partial charge < -0.3 is 14.8 Å². The number of thioether (sulfide) groups is 1. The van der Waals surface area contributed by atoms with E-state index in [4.69, 9.17) is 14.5 Å². The van der Waals surface area contributed by atoms with Gasteiger partial charge in [-0.25, -0.2) is 4.98 Å². The summed E-state index contributed by atoms with van der Waals surface area (Å²) < 4.78 is 12.8. The predicted molar refractivity (Wildman–Crippen MR) is 145 cm³/mol. The third kappa shape index (κ3) is 4.91. The number of thiophene rings is 1. The van der Waals surface area contributed by atoms with E-state index in [1.165, 1.54) is 23.1 Å². The first-order valence-corrected chi connectivity index (χ1v) is 13.4. The Labute approximate surface area is 217 Å². The number of hydrogen-bond donors (Lipinski definition) is 1. The number of amides is 1. The van der Waals surface area contributed by atoms with Crippen LogP contribution in [0.4, 0.5) is 5.69 Å². The molecule has 2 aromatic heterocycles. The summed E-state index contributed by atoms with van der Waals surface area (Å²) in [5.41, 5.74) is 2.99. The average molecular weight is 522 g/mol. The largest absolute Gasteiger partial charge is 0.497 e. The van der Waals surface area contributed by atoms with Gasteiger partial charge in [-0.2, -0.15) is 0 Å². The summed E-state index contributed by atoms with van der Waals surface area (Å²) in [5, 5.41) is 4.02. The second-order valence-corrected chi connectivity index (χ2v) is 11.4. The maximum atomic E-state index is 14.0. The SMILES string of the molecule is COc1cccc(NC(=O)CSc2nc3sc4c(c3c(=O)n2-c2cccc(C)c2)CC(C)(C)OC4)c1. The van der Waals surface area contributed by atoms with Crippen LogP contribution in [0.5, 0.6) is 5.75 Å². The second-order valence-electron chi connectivity index (χ2n) is 9.35. The lowest BCUT2D eigenvalue weighted by Gasteiger charge is -2.29. The molecule has 0 atom stereocenters. The van der Waals surface area contributed by atoms with E-state index in [2.05, 4.69) is 5.32 Å². The van der Waals surface area contributed by atoms with Gasteiger partial charge in [0.2, 0.25) is 5.91 Å². The number of aromatic nitrogens is 2. The molecule has 0 spiro atoms. The molecule has 1 aliphatic heterocycles. The maximum Gasteiger partial charge on any atom is 0.267 e. The Hall–Kier alpha value is -3.14. The predicted octanol–water partition coefficient (Wildman–Crippen LogP) is 5.35. The van der Waals surface area contributed by atoms with Crippen molar-refractivity contribution >= 4 is 44.9 Å². The summed E-state index contributed by atoms with van der Waals surface area (Å²) in [6.07, 6.45) is 0.655. The molecule has 9 heteroatoms. The van der Waals surface area contributed by atoms with E-state index in [-0.39, 0.29) is 22.8 Å². The zero-order valence-corrected chi connectivity index (χ0v) is 22.2. The second kappa shape index (κ2) is 9.72. The van der Waals surface area contributed by atoms with Crippen LogP contribution in [0.25, 0.3) is 15.9 Å². The van der Waals surface area contributed by atoms with Gasteiger partial charge in [0.1, 0.15) is 10.6 Å². The van der Waals surface area contributed by atoms with Crippen molar-refractivity contribution in [2.75, 3.05) is 18.2 Å².